The van der Waals surface area contributed by atoms with Gasteiger partial charge >= 0.3 is 0 Å². The van der Waals surface area contributed by atoms with Gasteiger partial charge in [0.1, 0.15) is 5.82 Å². The molecular formula is C22H23N5. The minimum absolute atomic E-state index is 0.277. The lowest BCUT2D eigenvalue weighted by Gasteiger charge is -2.39. The van der Waals surface area contributed by atoms with Crippen LogP contribution in [0.4, 0.5) is 5.82 Å². The number of nitrogens with one attached hydrogen (secondary N) is 1. The van der Waals surface area contributed by atoms with Crippen LogP contribution in [0.5, 0.6) is 0 Å². The average molecular weight is 357 g/mol. The van der Waals surface area contributed by atoms with Crippen molar-refractivity contribution >= 4 is 16.6 Å². The first-order valence-electron chi connectivity index (χ1n) is 9.70. The molecule has 2 unspecified atom stereocenters. The number of aromatic nitrogens is 3. The zero-order chi connectivity index (χ0) is 18.2. The van der Waals surface area contributed by atoms with Crippen LogP contribution in [-0.4, -0.2) is 38.3 Å². The Kier molecular flexibility index (Phi) is 2.84. The Morgan fingerprint density at radius 2 is 2.00 bits per heavy atom. The SMILES string of the molecule is C=C(Nc1cc2cc(-c3cnn(C)c3)ccc2cn1)C12CCN3CCC31C2. The number of piperidine rings is 1. The third-order valence-electron chi connectivity index (χ3n) is 7.19. The predicted octanol–water partition coefficient (Wildman–Crippen LogP) is 3.80. The molecule has 1 aliphatic carbocycles. The molecule has 0 amide bonds. The number of rotatable bonds is 4. The van der Waals surface area contributed by atoms with E-state index in [1.165, 1.54) is 43.3 Å². The van der Waals surface area contributed by atoms with E-state index in [1.807, 2.05) is 30.3 Å². The van der Waals surface area contributed by atoms with Crippen LogP contribution in [0.3, 0.4) is 0 Å². The molecule has 3 fully saturated rings. The van der Waals surface area contributed by atoms with Crippen molar-refractivity contribution in [1.82, 2.24) is 19.7 Å². The number of hydrogen-bond acceptors (Lipinski definition) is 4. The second-order valence-electron chi connectivity index (χ2n) is 8.42. The van der Waals surface area contributed by atoms with E-state index in [9.17, 15) is 0 Å². The maximum atomic E-state index is 4.63. The summed E-state index contributed by atoms with van der Waals surface area (Å²) in [6.07, 6.45) is 9.72. The van der Waals surface area contributed by atoms with Gasteiger partial charge in [-0.1, -0.05) is 18.7 Å². The number of pyridine rings is 1. The second kappa shape index (κ2) is 4.98. The molecule has 1 spiro atoms. The molecule has 136 valence electrons. The molecule has 6 rings (SSSR count). The van der Waals surface area contributed by atoms with Crippen LogP contribution in [0.2, 0.25) is 0 Å². The van der Waals surface area contributed by atoms with Crippen molar-refractivity contribution in [3.63, 3.8) is 0 Å². The highest BCUT2D eigenvalue weighted by molar-refractivity contribution is 5.88. The summed E-state index contributed by atoms with van der Waals surface area (Å²) in [5, 5.41) is 10.2. The molecule has 0 bridgehead atoms. The molecule has 3 aliphatic rings. The van der Waals surface area contributed by atoms with Crippen LogP contribution >= 0.6 is 0 Å². The van der Waals surface area contributed by atoms with Gasteiger partial charge in [0.15, 0.2) is 0 Å². The summed E-state index contributed by atoms with van der Waals surface area (Å²) in [5.74, 6) is 0.894. The highest BCUT2D eigenvalue weighted by atomic mass is 15.4. The van der Waals surface area contributed by atoms with Crippen molar-refractivity contribution in [3.05, 3.63) is 55.1 Å². The van der Waals surface area contributed by atoms with Gasteiger partial charge in [0.25, 0.3) is 0 Å². The number of hydrogen-bond donors (Lipinski definition) is 1. The Morgan fingerprint density at radius 1 is 1.11 bits per heavy atom. The fraction of sp³-hybridized carbons (Fsp3) is 0.364. The van der Waals surface area contributed by atoms with E-state index in [0.717, 1.165) is 22.5 Å². The maximum absolute atomic E-state index is 4.63. The Labute approximate surface area is 158 Å². The van der Waals surface area contributed by atoms with E-state index in [4.69, 9.17) is 0 Å². The van der Waals surface area contributed by atoms with Crippen LogP contribution in [0, 0.1) is 5.41 Å². The normalized spacial score (nSPS) is 28.5. The Balaban J connectivity index is 1.30. The summed E-state index contributed by atoms with van der Waals surface area (Å²) >= 11 is 0. The monoisotopic (exact) mass is 357 g/mol. The maximum Gasteiger partial charge on any atom is 0.130 e. The molecule has 1 saturated carbocycles. The number of anilines is 1. The average Bonchev–Trinajstić information content (AvgIpc) is 3.11. The van der Waals surface area contributed by atoms with Crippen LogP contribution < -0.4 is 5.32 Å². The highest BCUT2D eigenvalue weighted by Gasteiger charge is 2.77. The van der Waals surface area contributed by atoms with E-state index in [1.54, 1.807) is 0 Å². The summed E-state index contributed by atoms with van der Waals surface area (Å²) in [6.45, 7) is 6.90. The standard InChI is InChI=1S/C22H23N5/c1-15(21-5-7-27-8-6-22(21,27)14-21)25-20-10-18-9-16(3-4-17(18)11-23-20)19-12-24-26(2)13-19/h3-4,9-13H,1,5-8,14H2,2H3,(H,23,25). The zero-order valence-electron chi connectivity index (χ0n) is 15.6. The molecule has 1 aromatic carbocycles. The van der Waals surface area contributed by atoms with Crippen molar-refractivity contribution in [3.8, 4) is 11.1 Å². The van der Waals surface area contributed by atoms with Gasteiger partial charge < -0.3 is 5.32 Å². The van der Waals surface area contributed by atoms with Gasteiger partial charge in [-0.2, -0.15) is 5.10 Å². The van der Waals surface area contributed by atoms with Gasteiger partial charge in [0, 0.05) is 53.6 Å². The van der Waals surface area contributed by atoms with E-state index in [2.05, 4.69) is 51.1 Å². The molecule has 4 heterocycles. The molecule has 5 nitrogen and oxygen atoms in total. The summed E-state index contributed by atoms with van der Waals surface area (Å²) in [6, 6.07) is 8.60. The lowest BCUT2D eigenvalue weighted by atomic mass is 9.91. The first kappa shape index (κ1) is 15.4. The van der Waals surface area contributed by atoms with E-state index < -0.39 is 0 Å². The summed E-state index contributed by atoms with van der Waals surface area (Å²) in [7, 11) is 1.94. The summed E-state index contributed by atoms with van der Waals surface area (Å²) < 4.78 is 1.83. The molecule has 27 heavy (non-hydrogen) atoms. The molecule has 0 radical (unpaired) electrons. The Morgan fingerprint density at radius 3 is 2.70 bits per heavy atom. The Hall–Kier alpha value is -2.66. The summed E-state index contributed by atoms with van der Waals surface area (Å²) in [5.41, 5.74) is 4.16. The van der Waals surface area contributed by atoms with Gasteiger partial charge in [-0.25, -0.2) is 4.98 Å². The van der Waals surface area contributed by atoms with E-state index in [-0.39, 0.29) is 5.41 Å². The van der Waals surface area contributed by atoms with Crippen LogP contribution in [0.15, 0.2) is 55.1 Å². The van der Waals surface area contributed by atoms with Gasteiger partial charge in [0.05, 0.1) is 6.20 Å². The van der Waals surface area contributed by atoms with Crippen molar-refractivity contribution in [2.45, 2.75) is 24.8 Å². The quantitative estimate of drug-likeness (QED) is 0.771. The van der Waals surface area contributed by atoms with Crippen LogP contribution in [-0.2, 0) is 7.05 Å². The predicted molar refractivity (Wildman–Crippen MR) is 107 cm³/mol. The topological polar surface area (TPSA) is 46.0 Å². The van der Waals surface area contributed by atoms with Crippen LogP contribution in [0.1, 0.15) is 19.3 Å². The number of nitrogens with zero attached hydrogens (tertiary/aromatic N) is 4. The third-order valence-corrected chi connectivity index (χ3v) is 7.19. The van der Waals surface area contributed by atoms with Gasteiger partial charge in [-0.3, -0.25) is 9.58 Å². The molecule has 2 aromatic heterocycles. The number of benzene rings is 1. The number of fused-ring (bicyclic) bond motifs is 1. The molecule has 2 atom stereocenters. The third kappa shape index (κ3) is 1.98. The molecular weight excluding hydrogens is 334 g/mol. The molecule has 1 N–H and O–H groups in total. The first-order valence-corrected chi connectivity index (χ1v) is 9.70. The van der Waals surface area contributed by atoms with Crippen molar-refractivity contribution in [2.75, 3.05) is 18.4 Å². The van der Waals surface area contributed by atoms with Crippen molar-refractivity contribution < 1.29 is 0 Å². The van der Waals surface area contributed by atoms with Crippen LogP contribution in [0.25, 0.3) is 21.9 Å². The first-order chi connectivity index (χ1) is 13.1. The molecule has 5 heteroatoms. The molecule has 3 aromatic rings. The van der Waals surface area contributed by atoms with Crippen molar-refractivity contribution in [1.29, 1.82) is 0 Å². The fourth-order valence-corrected chi connectivity index (χ4v) is 5.48. The molecule has 2 saturated heterocycles. The van der Waals surface area contributed by atoms with Gasteiger partial charge in [-0.05, 0) is 48.9 Å². The fourth-order valence-electron chi connectivity index (χ4n) is 5.48. The van der Waals surface area contributed by atoms with Crippen molar-refractivity contribution in [2.24, 2.45) is 12.5 Å². The largest absolute Gasteiger partial charge is 0.344 e. The van der Waals surface area contributed by atoms with E-state index >= 15 is 0 Å². The highest BCUT2D eigenvalue weighted by Crippen LogP contribution is 2.74. The zero-order valence-corrected chi connectivity index (χ0v) is 15.6. The lowest BCUT2D eigenvalue weighted by molar-refractivity contribution is 0.0912. The Bertz CT molecular complexity index is 1100. The van der Waals surface area contributed by atoms with Gasteiger partial charge in [0.2, 0.25) is 0 Å². The summed E-state index contributed by atoms with van der Waals surface area (Å²) in [4.78, 5) is 7.28. The smallest absolute Gasteiger partial charge is 0.130 e. The molecule has 2 aliphatic heterocycles. The lowest BCUT2D eigenvalue weighted by Crippen LogP contribution is -2.48. The second-order valence-corrected chi connectivity index (χ2v) is 8.42. The minimum Gasteiger partial charge on any atom is -0.344 e. The van der Waals surface area contributed by atoms with E-state index in [0.29, 0.717) is 5.54 Å². The van der Waals surface area contributed by atoms with Gasteiger partial charge in [-0.15, -0.1) is 0 Å². The minimum atomic E-state index is 0.277. The number of aryl methyl sites for hydroxylation is 1.